The summed E-state index contributed by atoms with van der Waals surface area (Å²) in [5.74, 6) is 0.0950. The molecule has 7 nitrogen and oxygen atoms in total. The van der Waals surface area contributed by atoms with Crippen molar-refractivity contribution in [3.8, 4) is 0 Å². The van der Waals surface area contributed by atoms with Gasteiger partial charge >= 0.3 is 6.03 Å². The summed E-state index contributed by atoms with van der Waals surface area (Å²) in [6.07, 6.45) is 3.69. The van der Waals surface area contributed by atoms with Crippen LogP contribution in [0.4, 0.5) is 4.79 Å². The number of nitrogens with one attached hydrogen (secondary N) is 2. The summed E-state index contributed by atoms with van der Waals surface area (Å²) in [5.41, 5.74) is 1.11. The number of amides is 2. The first-order chi connectivity index (χ1) is 11.2. The maximum absolute atomic E-state index is 12.0. The molecule has 2 rings (SSSR count). The molecule has 0 radical (unpaired) electrons. The summed E-state index contributed by atoms with van der Waals surface area (Å²) >= 11 is 0. The van der Waals surface area contributed by atoms with Crippen LogP contribution < -0.4 is 10.6 Å². The van der Waals surface area contributed by atoms with Gasteiger partial charge in [0.2, 0.25) is 0 Å². The number of urea groups is 1. The van der Waals surface area contributed by atoms with Crippen molar-refractivity contribution >= 4 is 6.03 Å². The number of aromatic nitrogens is 3. The second-order valence-electron chi connectivity index (χ2n) is 5.49. The fourth-order valence-corrected chi connectivity index (χ4v) is 2.41. The molecule has 0 saturated carbocycles. The predicted molar refractivity (Wildman–Crippen MR) is 86.9 cm³/mol. The monoisotopic (exact) mass is 317 g/mol. The fourth-order valence-electron chi connectivity index (χ4n) is 2.41. The van der Waals surface area contributed by atoms with Crippen molar-refractivity contribution in [3.05, 3.63) is 48.5 Å². The highest BCUT2D eigenvalue weighted by Gasteiger charge is 2.13. The average Bonchev–Trinajstić information content (AvgIpc) is 3.05. The summed E-state index contributed by atoms with van der Waals surface area (Å²) in [6, 6.07) is 9.59. The third kappa shape index (κ3) is 5.71. The van der Waals surface area contributed by atoms with E-state index < -0.39 is 0 Å². The zero-order chi connectivity index (χ0) is 16.5. The number of hydrogen-bond acceptors (Lipinski definition) is 4. The van der Waals surface area contributed by atoms with Gasteiger partial charge < -0.3 is 15.7 Å². The topological polar surface area (TPSA) is 92.1 Å². The lowest BCUT2D eigenvalue weighted by Crippen LogP contribution is -2.43. The highest BCUT2D eigenvalue weighted by molar-refractivity contribution is 5.74. The quantitative estimate of drug-likeness (QED) is 0.680. The number of aliphatic hydroxyl groups is 1. The van der Waals surface area contributed by atoms with E-state index in [4.69, 9.17) is 0 Å². The molecule has 0 saturated heterocycles. The molecule has 0 fully saturated rings. The van der Waals surface area contributed by atoms with Crippen LogP contribution in [-0.4, -0.2) is 45.1 Å². The molecule has 0 aliphatic carbocycles. The standard InChI is InChI=1S/C16H23N5O2/c1-13(10-21-12-17-11-19-21)20-16(23)18-9-15(7-8-22)14-5-3-2-4-6-14/h2-6,11-13,15,22H,7-10H2,1H3,(H2,18,20,23). The van der Waals surface area contributed by atoms with Crippen LogP contribution in [-0.2, 0) is 6.54 Å². The molecule has 23 heavy (non-hydrogen) atoms. The van der Waals surface area contributed by atoms with Gasteiger partial charge in [-0.05, 0) is 18.9 Å². The summed E-state index contributed by atoms with van der Waals surface area (Å²) in [5, 5.41) is 19.0. The molecule has 3 N–H and O–H groups in total. The maximum atomic E-state index is 12.0. The number of benzene rings is 1. The van der Waals surface area contributed by atoms with Gasteiger partial charge in [-0.1, -0.05) is 30.3 Å². The zero-order valence-electron chi connectivity index (χ0n) is 13.2. The Labute approximate surface area is 135 Å². The molecule has 124 valence electrons. The Hall–Kier alpha value is -2.41. The molecule has 7 heteroatoms. The Bertz CT molecular complexity index is 573. The van der Waals surface area contributed by atoms with E-state index in [1.165, 1.54) is 6.33 Å². The Kier molecular flexibility index (Phi) is 6.56. The van der Waals surface area contributed by atoms with Crippen molar-refractivity contribution in [1.82, 2.24) is 25.4 Å². The van der Waals surface area contributed by atoms with E-state index in [1.807, 2.05) is 37.3 Å². The van der Waals surface area contributed by atoms with E-state index in [9.17, 15) is 9.90 Å². The van der Waals surface area contributed by atoms with Gasteiger partial charge in [0.05, 0.1) is 6.54 Å². The van der Waals surface area contributed by atoms with Crippen molar-refractivity contribution in [1.29, 1.82) is 0 Å². The van der Waals surface area contributed by atoms with Gasteiger partial charge in [0, 0.05) is 25.1 Å². The lowest BCUT2D eigenvalue weighted by atomic mass is 9.96. The molecule has 1 aromatic carbocycles. The fraction of sp³-hybridized carbons (Fsp3) is 0.438. The summed E-state index contributed by atoms with van der Waals surface area (Å²) in [4.78, 5) is 15.9. The number of hydrogen-bond donors (Lipinski definition) is 3. The van der Waals surface area contributed by atoms with Crippen LogP contribution in [0.25, 0.3) is 0 Å². The van der Waals surface area contributed by atoms with Gasteiger partial charge in [-0.25, -0.2) is 9.78 Å². The Morgan fingerprint density at radius 1 is 1.35 bits per heavy atom. The van der Waals surface area contributed by atoms with Gasteiger partial charge in [0.15, 0.2) is 0 Å². The minimum absolute atomic E-state index is 0.0651. The summed E-state index contributed by atoms with van der Waals surface area (Å²) in [6.45, 7) is 3.04. The Morgan fingerprint density at radius 3 is 2.78 bits per heavy atom. The van der Waals surface area contributed by atoms with E-state index in [0.717, 1.165) is 5.56 Å². The van der Waals surface area contributed by atoms with Crippen LogP contribution in [0.3, 0.4) is 0 Å². The summed E-state index contributed by atoms with van der Waals surface area (Å²) in [7, 11) is 0. The molecular weight excluding hydrogens is 294 g/mol. The average molecular weight is 317 g/mol. The minimum atomic E-state index is -0.225. The van der Waals surface area contributed by atoms with Gasteiger partial charge in [-0.2, -0.15) is 5.10 Å². The van der Waals surface area contributed by atoms with E-state index >= 15 is 0 Å². The molecule has 0 aliphatic rings. The van der Waals surface area contributed by atoms with Gasteiger partial charge in [-0.15, -0.1) is 0 Å². The van der Waals surface area contributed by atoms with Crippen LogP contribution >= 0.6 is 0 Å². The van der Waals surface area contributed by atoms with Crippen molar-refractivity contribution in [2.24, 2.45) is 0 Å². The Morgan fingerprint density at radius 2 is 2.13 bits per heavy atom. The lowest BCUT2D eigenvalue weighted by Gasteiger charge is -2.19. The highest BCUT2D eigenvalue weighted by atomic mass is 16.3. The van der Waals surface area contributed by atoms with Crippen LogP contribution in [0, 0.1) is 0 Å². The molecule has 0 bridgehead atoms. The number of aliphatic hydroxyl groups excluding tert-OH is 1. The minimum Gasteiger partial charge on any atom is -0.396 e. The highest BCUT2D eigenvalue weighted by Crippen LogP contribution is 2.17. The Balaban J connectivity index is 1.79. The van der Waals surface area contributed by atoms with Crippen LogP contribution in [0.2, 0.25) is 0 Å². The molecule has 2 unspecified atom stereocenters. The smallest absolute Gasteiger partial charge is 0.315 e. The maximum Gasteiger partial charge on any atom is 0.315 e. The first kappa shape index (κ1) is 17.0. The van der Waals surface area contributed by atoms with Crippen LogP contribution in [0.1, 0.15) is 24.8 Å². The van der Waals surface area contributed by atoms with Gasteiger partial charge in [0.25, 0.3) is 0 Å². The van der Waals surface area contributed by atoms with Crippen molar-refractivity contribution < 1.29 is 9.90 Å². The van der Waals surface area contributed by atoms with Crippen molar-refractivity contribution in [3.63, 3.8) is 0 Å². The molecule has 2 atom stereocenters. The van der Waals surface area contributed by atoms with Crippen molar-refractivity contribution in [2.45, 2.75) is 31.8 Å². The van der Waals surface area contributed by atoms with Crippen LogP contribution in [0.15, 0.2) is 43.0 Å². The van der Waals surface area contributed by atoms with Crippen molar-refractivity contribution in [2.75, 3.05) is 13.2 Å². The van der Waals surface area contributed by atoms with E-state index in [1.54, 1.807) is 11.0 Å². The molecule has 1 aromatic heterocycles. The lowest BCUT2D eigenvalue weighted by molar-refractivity contribution is 0.233. The third-order valence-electron chi connectivity index (χ3n) is 3.56. The third-order valence-corrected chi connectivity index (χ3v) is 3.56. The predicted octanol–water partition coefficient (Wildman–Crippen LogP) is 1.13. The number of rotatable bonds is 8. The molecule has 2 amide bonds. The second-order valence-corrected chi connectivity index (χ2v) is 5.49. The number of carbonyl (C=O) groups excluding carboxylic acids is 1. The van der Waals surface area contributed by atoms with Gasteiger partial charge in [-0.3, -0.25) is 4.68 Å². The molecule has 0 spiro atoms. The van der Waals surface area contributed by atoms with Gasteiger partial charge in [0.1, 0.15) is 12.7 Å². The number of carbonyl (C=O) groups is 1. The van der Waals surface area contributed by atoms with E-state index in [-0.39, 0.29) is 24.6 Å². The SMILES string of the molecule is CC(Cn1cncn1)NC(=O)NCC(CCO)c1ccccc1. The molecule has 2 aromatic rings. The molecule has 0 aliphatic heterocycles. The first-order valence-electron chi connectivity index (χ1n) is 7.71. The summed E-state index contributed by atoms with van der Waals surface area (Å²) < 4.78 is 1.67. The first-order valence-corrected chi connectivity index (χ1v) is 7.71. The largest absolute Gasteiger partial charge is 0.396 e. The number of nitrogens with zero attached hydrogens (tertiary/aromatic N) is 3. The van der Waals surface area contributed by atoms with E-state index in [2.05, 4.69) is 20.7 Å². The zero-order valence-corrected chi connectivity index (χ0v) is 13.2. The van der Waals surface area contributed by atoms with Crippen LogP contribution in [0.5, 0.6) is 0 Å². The molecular formula is C16H23N5O2. The second kappa shape index (κ2) is 8.89. The molecule has 1 heterocycles. The normalized spacial score (nSPS) is 13.3. The van der Waals surface area contributed by atoms with E-state index in [0.29, 0.717) is 19.5 Å².